The van der Waals surface area contributed by atoms with Crippen molar-refractivity contribution in [3.8, 4) is 6.01 Å². The number of carboxylic acids is 1. The maximum Gasteiger partial charge on any atom is 0.316 e. The third-order valence-electron chi connectivity index (χ3n) is 6.74. The van der Waals surface area contributed by atoms with Gasteiger partial charge in [-0.1, -0.05) is 13.0 Å². The van der Waals surface area contributed by atoms with Crippen molar-refractivity contribution in [2.45, 2.75) is 64.3 Å². The van der Waals surface area contributed by atoms with Gasteiger partial charge in [0.1, 0.15) is 0 Å². The molecule has 2 N–H and O–H groups in total. The number of carboxylic acid groups (broad SMARTS) is 1. The van der Waals surface area contributed by atoms with Crippen molar-refractivity contribution in [1.82, 2.24) is 9.97 Å². The van der Waals surface area contributed by atoms with Crippen LogP contribution in [0.4, 0.5) is 17.1 Å². The molecule has 1 saturated carbocycles. The molecular weight excluding hydrogens is 432 g/mol. The zero-order valence-electron chi connectivity index (χ0n) is 20.2. The summed E-state index contributed by atoms with van der Waals surface area (Å²) in [6.45, 7) is 7.29. The van der Waals surface area contributed by atoms with Crippen LogP contribution >= 0.6 is 0 Å². The van der Waals surface area contributed by atoms with E-state index in [2.05, 4.69) is 45.3 Å². The molecule has 1 aromatic heterocycles. The highest BCUT2D eigenvalue weighted by Crippen LogP contribution is 2.36. The fourth-order valence-electron chi connectivity index (χ4n) is 4.58. The van der Waals surface area contributed by atoms with Gasteiger partial charge in [0.25, 0.3) is 0 Å². The first-order valence-corrected chi connectivity index (χ1v) is 12.5. The van der Waals surface area contributed by atoms with Crippen molar-refractivity contribution in [1.29, 1.82) is 0 Å². The number of anilines is 3. The van der Waals surface area contributed by atoms with E-state index in [1.54, 1.807) is 12.4 Å². The summed E-state index contributed by atoms with van der Waals surface area (Å²) in [7, 11) is 0. The number of ether oxygens (including phenoxy) is 2. The number of rotatable bonds is 12. The average molecular weight is 469 g/mol. The Labute approximate surface area is 201 Å². The van der Waals surface area contributed by atoms with Gasteiger partial charge in [0.2, 0.25) is 0 Å². The van der Waals surface area contributed by atoms with E-state index in [0.717, 1.165) is 61.6 Å². The van der Waals surface area contributed by atoms with Gasteiger partial charge in [0.05, 0.1) is 42.5 Å². The number of aromatic nitrogens is 2. The second-order valence-corrected chi connectivity index (χ2v) is 9.24. The highest BCUT2D eigenvalue weighted by molar-refractivity contribution is 5.77. The van der Waals surface area contributed by atoms with Gasteiger partial charge in [-0.2, -0.15) is 0 Å². The van der Waals surface area contributed by atoms with Crippen LogP contribution in [0.3, 0.4) is 0 Å². The van der Waals surface area contributed by atoms with Gasteiger partial charge in [0, 0.05) is 25.8 Å². The molecule has 0 bridgehead atoms. The summed E-state index contributed by atoms with van der Waals surface area (Å²) >= 11 is 0. The first-order valence-electron chi connectivity index (χ1n) is 12.5. The van der Waals surface area contributed by atoms with E-state index < -0.39 is 5.97 Å². The minimum atomic E-state index is -0.780. The highest BCUT2D eigenvalue weighted by Gasteiger charge is 2.25. The molecule has 0 spiro atoms. The van der Waals surface area contributed by atoms with Crippen molar-refractivity contribution < 1.29 is 19.4 Å². The van der Waals surface area contributed by atoms with Crippen LogP contribution in [-0.2, 0) is 9.53 Å². The lowest BCUT2D eigenvalue weighted by atomic mass is 9.92. The topological polar surface area (TPSA) is 96.8 Å². The van der Waals surface area contributed by atoms with Crippen molar-refractivity contribution in [2.75, 3.05) is 36.6 Å². The van der Waals surface area contributed by atoms with Gasteiger partial charge in [-0.3, -0.25) is 4.79 Å². The fraction of sp³-hybridized carbons (Fsp3) is 0.577. The Balaban J connectivity index is 1.60. The van der Waals surface area contributed by atoms with Gasteiger partial charge in [-0.15, -0.1) is 0 Å². The molecule has 8 nitrogen and oxygen atoms in total. The molecule has 0 unspecified atom stereocenters. The van der Waals surface area contributed by atoms with Gasteiger partial charge < -0.3 is 24.8 Å². The number of benzene rings is 1. The van der Waals surface area contributed by atoms with Crippen LogP contribution in [0.2, 0.25) is 0 Å². The Bertz CT molecular complexity index is 942. The van der Waals surface area contributed by atoms with Crippen LogP contribution in [0, 0.1) is 5.92 Å². The smallest absolute Gasteiger partial charge is 0.316 e. The monoisotopic (exact) mass is 468 g/mol. The number of hydrogen-bond acceptors (Lipinski definition) is 7. The van der Waals surface area contributed by atoms with E-state index in [9.17, 15) is 9.90 Å². The number of aliphatic carboxylic acids is 1. The van der Waals surface area contributed by atoms with Gasteiger partial charge >= 0.3 is 12.0 Å². The minimum absolute atomic E-state index is 0.0419. The summed E-state index contributed by atoms with van der Waals surface area (Å²) in [6.07, 6.45) is 8.78. The van der Waals surface area contributed by atoms with E-state index in [1.807, 2.05) is 6.92 Å². The number of nitrogens with one attached hydrogen (secondary N) is 1. The molecule has 4 rings (SSSR count). The van der Waals surface area contributed by atoms with Crippen LogP contribution in [0.5, 0.6) is 6.01 Å². The second-order valence-electron chi connectivity index (χ2n) is 9.24. The van der Waals surface area contributed by atoms with Crippen molar-refractivity contribution in [3.05, 3.63) is 36.2 Å². The lowest BCUT2D eigenvalue weighted by molar-refractivity contribution is -0.137. The van der Waals surface area contributed by atoms with Crippen molar-refractivity contribution >= 4 is 23.0 Å². The van der Waals surface area contributed by atoms with Gasteiger partial charge in [0.15, 0.2) is 0 Å². The molecule has 1 atom stereocenters. The standard InChI is InChI=1S/C26H36N4O4/c1-3-19(14-25(31)32)20-7-8-24(30(4-2)22-9-11-33-12-10-22)23(13-20)29-21-15-27-26(28-16-21)34-17-18-5-6-18/h7-8,13,15-16,18-19,22,29H,3-6,9-12,14,17H2,1-2H3,(H,31,32)/t19-/m0/s1. The molecule has 2 fully saturated rings. The SMILES string of the molecule is CC[C@@H](CC(=O)O)c1ccc(N(CC)C2CCOCC2)c(Nc2cnc(OCC3CC3)nc2)c1. The highest BCUT2D eigenvalue weighted by atomic mass is 16.5. The third kappa shape index (κ3) is 6.38. The molecule has 2 aromatic rings. The third-order valence-corrected chi connectivity index (χ3v) is 6.74. The van der Waals surface area contributed by atoms with Crippen LogP contribution in [0.1, 0.15) is 63.9 Å². The molecular formula is C26H36N4O4. The fourth-order valence-corrected chi connectivity index (χ4v) is 4.58. The molecule has 34 heavy (non-hydrogen) atoms. The van der Waals surface area contributed by atoms with Crippen molar-refractivity contribution in [2.24, 2.45) is 5.92 Å². The summed E-state index contributed by atoms with van der Waals surface area (Å²) in [5.74, 6) is -0.174. The average Bonchev–Trinajstić information content (AvgIpc) is 3.69. The van der Waals surface area contributed by atoms with E-state index >= 15 is 0 Å². The molecule has 0 radical (unpaired) electrons. The largest absolute Gasteiger partial charge is 0.481 e. The predicted octanol–water partition coefficient (Wildman–Crippen LogP) is 4.98. The number of nitrogens with zero attached hydrogens (tertiary/aromatic N) is 3. The molecule has 0 amide bonds. The quantitative estimate of drug-likeness (QED) is 0.450. The summed E-state index contributed by atoms with van der Waals surface area (Å²) in [5, 5.41) is 12.9. The number of carbonyl (C=O) groups is 1. The Morgan fingerprint density at radius 3 is 2.56 bits per heavy atom. The maximum absolute atomic E-state index is 11.4. The van der Waals surface area contributed by atoms with E-state index in [-0.39, 0.29) is 12.3 Å². The van der Waals surface area contributed by atoms with Crippen LogP contribution in [-0.4, -0.2) is 53.5 Å². The van der Waals surface area contributed by atoms with E-state index in [0.29, 0.717) is 24.6 Å². The summed E-state index contributed by atoms with van der Waals surface area (Å²) in [5.41, 5.74) is 3.82. The van der Waals surface area contributed by atoms with Gasteiger partial charge in [-0.25, -0.2) is 9.97 Å². The maximum atomic E-state index is 11.4. The Kier molecular flexibility index (Phi) is 8.21. The van der Waals surface area contributed by atoms with Crippen LogP contribution in [0.15, 0.2) is 30.6 Å². The predicted molar refractivity (Wildman–Crippen MR) is 132 cm³/mol. The number of hydrogen-bond donors (Lipinski definition) is 2. The van der Waals surface area contributed by atoms with E-state index in [1.165, 1.54) is 12.8 Å². The molecule has 1 aliphatic heterocycles. The van der Waals surface area contributed by atoms with E-state index in [4.69, 9.17) is 9.47 Å². The van der Waals surface area contributed by atoms with Crippen molar-refractivity contribution in [3.63, 3.8) is 0 Å². The molecule has 2 heterocycles. The second kappa shape index (κ2) is 11.5. The lowest BCUT2D eigenvalue weighted by Gasteiger charge is -2.36. The Morgan fingerprint density at radius 2 is 1.94 bits per heavy atom. The Hall–Kier alpha value is -2.87. The zero-order valence-corrected chi connectivity index (χ0v) is 20.2. The first kappa shape index (κ1) is 24.3. The summed E-state index contributed by atoms with van der Waals surface area (Å²) < 4.78 is 11.3. The van der Waals surface area contributed by atoms with Gasteiger partial charge in [-0.05, 0) is 68.6 Å². The lowest BCUT2D eigenvalue weighted by Crippen LogP contribution is -2.39. The Morgan fingerprint density at radius 1 is 1.21 bits per heavy atom. The molecule has 1 saturated heterocycles. The molecule has 1 aliphatic carbocycles. The normalized spacial score (nSPS) is 17.2. The summed E-state index contributed by atoms with van der Waals surface area (Å²) in [4.78, 5) is 22.6. The molecule has 8 heteroatoms. The molecule has 1 aromatic carbocycles. The van der Waals surface area contributed by atoms with Crippen LogP contribution in [0.25, 0.3) is 0 Å². The first-order chi connectivity index (χ1) is 16.6. The zero-order chi connectivity index (χ0) is 23.9. The molecule has 2 aliphatic rings. The molecule has 184 valence electrons. The minimum Gasteiger partial charge on any atom is -0.481 e. The summed E-state index contributed by atoms with van der Waals surface area (Å²) in [6, 6.07) is 7.09. The van der Waals surface area contributed by atoms with Crippen LogP contribution < -0.4 is 15.0 Å².